The fourth-order valence-electron chi connectivity index (χ4n) is 3.95. The molecule has 0 radical (unpaired) electrons. The minimum absolute atomic E-state index is 0.000739. The second-order valence-corrected chi connectivity index (χ2v) is 9.37. The second kappa shape index (κ2) is 11.1. The molecule has 196 valence electrons. The number of carbonyl (C=O) groups excluding carboxylic acids is 2. The number of pyridine rings is 2. The number of amides is 1. The largest absolute Gasteiger partial charge is 0.489 e. The van der Waals surface area contributed by atoms with Crippen molar-refractivity contribution >= 4 is 23.8 Å². The van der Waals surface area contributed by atoms with Crippen molar-refractivity contribution in [2.45, 2.75) is 31.3 Å². The molecular formula is C25H31N7O5. The molecule has 1 unspecified atom stereocenters. The molecule has 1 saturated carbocycles. The summed E-state index contributed by atoms with van der Waals surface area (Å²) in [7, 11) is 5.13. The van der Waals surface area contributed by atoms with Gasteiger partial charge in [-0.05, 0) is 26.0 Å². The molecule has 1 aliphatic heterocycles. The van der Waals surface area contributed by atoms with Gasteiger partial charge < -0.3 is 29.7 Å². The van der Waals surface area contributed by atoms with Crippen LogP contribution in [0.4, 0.5) is 11.6 Å². The van der Waals surface area contributed by atoms with Gasteiger partial charge in [-0.1, -0.05) is 6.07 Å². The number of piperazine rings is 1. The van der Waals surface area contributed by atoms with Gasteiger partial charge in [0.2, 0.25) is 12.3 Å². The molecule has 0 spiro atoms. The fraction of sp³-hybridized carbons (Fsp3) is 0.480. The van der Waals surface area contributed by atoms with Crippen molar-refractivity contribution in [3.05, 3.63) is 41.2 Å². The van der Waals surface area contributed by atoms with Crippen molar-refractivity contribution < 1.29 is 24.2 Å². The van der Waals surface area contributed by atoms with Gasteiger partial charge in [-0.3, -0.25) is 14.5 Å². The van der Waals surface area contributed by atoms with E-state index in [2.05, 4.69) is 21.4 Å². The number of anilines is 2. The van der Waals surface area contributed by atoms with Crippen LogP contribution in [0.2, 0.25) is 0 Å². The first-order chi connectivity index (χ1) is 17.8. The van der Waals surface area contributed by atoms with Crippen LogP contribution in [0.25, 0.3) is 0 Å². The molecule has 1 aliphatic carbocycles. The number of rotatable bonds is 11. The van der Waals surface area contributed by atoms with Crippen LogP contribution < -0.4 is 15.0 Å². The molecule has 12 nitrogen and oxygen atoms in total. The zero-order valence-electron chi connectivity index (χ0n) is 21.2. The quantitative estimate of drug-likeness (QED) is 0.328. The molecule has 37 heavy (non-hydrogen) atoms. The lowest BCUT2D eigenvalue weighted by Crippen LogP contribution is -2.48. The Hall–Kier alpha value is -3.79. The molecular weight excluding hydrogens is 478 g/mol. The Bertz CT molecular complexity index is 1200. The fourth-order valence-corrected chi connectivity index (χ4v) is 3.95. The van der Waals surface area contributed by atoms with Crippen LogP contribution in [0.1, 0.15) is 34.5 Å². The lowest BCUT2D eigenvalue weighted by atomic mass is 10.1. The Balaban J connectivity index is 1.43. The number of hydrogen-bond donors (Lipinski definition) is 2. The molecule has 1 saturated heterocycles. The van der Waals surface area contributed by atoms with Gasteiger partial charge in [-0.25, -0.2) is 9.97 Å². The molecule has 2 aromatic heterocycles. The van der Waals surface area contributed by atoms with Crippen LogP contribution >= 0.6 is 0 Å². The number of methoxy groups -OCH3 is 1. The number of carbonyl (C=O) groups is 2. The zero-order chi connectivity index (χ0) is 26.6. The van der Waals surface area contributed by atoms with Gasteiger partial charge in [0.25, 0.3) is 0 Å². The monoisotopic (exact) mass is 509 g/mol. The molecule has 3 heterocycles. The van der Waals surface area contributed by atoms with Gasteiger partial charge in [-0.2, -0.15) is 5.26 Å². The first-order valence-corrected chi connectivity index (χ1v) is 11.9. The predicted molar refractivity (Wildman–Crippen MR) is 134 cm³/mol. The van der Waals surface area contributed by atoms with Crippen LogP contribution in [-0.2, 0) is 16.1 Å². The summed E-state index contributed by atoms with van der Waals surface area (Å²) in [6.45, 7) is 2.28. The number of aldehydes is 1. The van der Waals surface area contributed by atoms with Crippen LogP contribution in [0.3, 0.4) is 0 Å². The molecule has 1 atom stereocenters. The highest BCUT2D eigenvalue weighted by Gasteiger charge is 2.44. The van der Waals surface area contributed by atoms with E-state index in [0.29, 0.717) is 49.7 Å². The highest BCUT2D eigenvalue weighted by atomic mass is 16.5. The van der Waals surface area contributed by atoms with E-state index in [4.69, 9.17) is 9.47 Å². The van der Waals surface area contributed by atoms with Crippen LogP contribution in [0, 0.1) is 11.3 Å². The number of nitrogens with zero attached hydrogens (tertiary/aromatic N) is 6. The smallest absolute Gasteiger partial charge is 0.237 e. The molecule has 4 rings (SSSR count). The van der Waals surface area contributed by atoms with E-state index in [1.807, 2.05) is 11.9 Å². The summed E-state index contributed by atoms with van der Waals surface area (Å²) in [6, 6.07) is 7.00. The van der Waals surface area contributed by atoms with E-state index < -0.39 is 6.35 Å². The van der Waals surface area contributed by atoms with Crippen molar-refractivity contribution in [1.82, 2.24) is 19.8 Å². The van der Waals surface area contributed by atoms with Crippen molar-refractivity contribution in [1.29, 1.82) is 5.26 Å². The van der Waals surface area contributed by atoms with Crippen LogP contribution in [-0.4, -0.2) is 96.5 Å². The number of likely N-dealkylation sites (N-methyl/N-ethyl adjacent to an activating group) is 1. The van der Waals surface area contributed by atoms with Gasteiger partial charge in [0.05, 0.1) is 12.7 Å². The lowest BCUT2D eigenvalue weighted by Gasteiger charge is -2.32. The standard InChI is InChI=1S/C25H31N7O5/c1-30-8-9-32(23(34)14-30)13-17-4-5-22(28-19(17)15-33)31(2)24(35)29-21-10-20(18(11-26)12-27-21)37-16-25(36-3)6-7-25/h4-5,10,12,15,24,35H,6-9,13-14,16H2,1-3H3,(H,27,29). The Morgan fingerprint density at radius 2 is 2.16 bits per heavy atom. The minimum atomic E-state index is -1.25. The number of aromatic nitrogens is 2. The summed E-state index contributed by atoms with van der Waals surface area (Å²) in [4.78, 5) is 37.7. The first-order valence-electron chi connectivity index (χ1n) is 11.9. The summed E-state index contributed by atoms with van der Waals surface area (Å²) < 4.78 is 11.3. The van der Waals surface area contributed by atoms with Gasteiger partial charge in [-0.15, -0.1) is 0 Å². The van der Waals surface area contributed by atoms with Gasteiger partial charge in [0.1, 0.15) is 46.9 Å². The van der Waals surface area contributed by atoms with E-state index in [9.17, 15) is 20.0 Å². The first kappa shape index (κ1) is 26.3. The zero-order valence-corrected chi connectivity index (χ0v) is 21.2. The van der Waals surface area contributed by atoms with Crippen molar-refractivity contribution in [3.8, 4) is 11.8 Å². The van der Waals surface area contributed by atoms with E-state index in [1.54, 1.807) is 37.3 Å². The maximum absolute atomic E-state index is 12.3. The van der Waals surface area contributed by atoms with E-state index in [-0.39, 0.29) is 28.6 Å². The second-order valence-electron chi connectivity index (χ2n) is 9.37. The summed E-state index contributed by atoms with van der Waals surface area (Å²) in [5.74, 6) is 0.967. The summed E-state index contributed by atoms with van der Waals surface area (Å²) >= 11 is 0. The number of ether oxygens (including phenoxy) is 2. The third kappa shape index (κ3) is 6.14. The maximum Gasteiger partial charge on any atom is 0.237 e. The van der Waals surface area contributed by atoms with Crippen molar-refractivity contribution in [2.24, 2.45) is 0 Å². The van der Waals surface area contributed by atoms with Crippen LogP contribution in [0.15, 0.2) is 24.4 Å². The van der Waals surface area contributed by atoms with E-state index in [1.165, 1.54) is 11.1 Å². The maximum atomic E-state index is 12.3. The molecule has 12 heteroatoms. The number of nitrogens with one attached hydrogen (secondary N) is 1. The van der Waals surface area contributed by atoms with Gasteiger partial charge in [0, 0.05) is 45.4 Å². The SMILES string of the molecule is COC1(COc2cc(NC(O)N(C)c3ccc(CN4CCN(C)CC4=O)c(C=O)n3)ncc2C#N)CC1. The van der Waals surface area contributed by atoms with E-state index in [0.717, 1.165) is 19.4 Å². The summed E-state index contributed by atoms with van der Waals surface area (Å²) in [5, 5.41) is 23.0. The van der Waals surface area contributed by atoms with Crippen molar-refractivity contribution in [3.63, 3.8) is 0 Å². The highest BCUT2D eigenvalue weighted by molar-refractivity contribution is 5.80. The molecule has 0 bridgehead atoms. The Morgan fingerprint density at radius 1 is 1.38 bits per heavy atom. The predicted octanol–water partition coefficient (Wildman–Crippen LogP) is 0.817. The number of nitriles is 1. The highest BCUT2D eigenvalue weighted by Crippen LogP contribution is 2.39. The Morgan fingerprint density at radius 3 is 2.81 bits per heavy atom. The molecule has 2 fully saturated rings. The number of aliphatic hydroxyl groups is 1. The molecule has 0 aromatic carbocycles. The average molecular weight is 510 g/mol. The normalized spacial score (nSPS) is 17.6. The summed E-state index contributed by atoms with van der Waals surface area (Å²) in [5.41, 5.74) is 0.789. The topological polar surface area (TPSA) is 144 Å². The Labute approximate surface area is 215 Å². The van der Waals surface area contributed by atoms with Gasteiger partial charge in [0.15, 0.2) is 6.29 Å². The molecule has 2 N–H and O–H groups in total. The molecule has 1 amide bonds. The summed E-state index contributed by atoms with van der Waals surface area (Å²) in [6.07, 6.45) is 2.55. The van der Waals surface area contributed by atoms with E-state index >= 15 is 0 Å². The van der Waals surface area contributed by atoms with Crippen LogP contribution in [0.5, 0.6) is 5.75 Å². The number of hydrogen-bond acceptors (Lipinski definition) is 11. The minimum Gasteiger partial charge on any atom is -0.489 e. The third-order valence-corrected chi connectivity index (χ3v) is 6.70. The molecule has 2 aromatic rings. The van der Waals surface area contributed by atoms with Crippen molar-refractivity contribution in [2.75, 3.05) is 57.7 Å². The van der Waals surface area contributed by atoms with Gasteiger partial charge >= 0.3 is 0 Å². The average Bonchev–Trinajstić information content (AvgIpc) is 3.69. The lowest BCUT2D eigenvalue weighted by molar-refractivity contribution is -0.136. The third-order valence-electron chi connectivity index (χ3n) is 6.70. The molecule has 2 aliphatic rings. The Kier molecular flexibility index (Phi) is 7.87. The number of aliphatic hydroxyl groups excluding tert-OH is 1.